The van der Waals surface area contributed by atoms with Gasteiger partial charge in [-0.3, -0.25) is 34.6 Å². The number of hydrogen-bond donors (Lipinski definition) is 3. The Hall–Kier alpha value is -3.30. The number of nitrogens with zero attached hydrogens (tertiary/aromatic N) is 1. The number of rotatable bonds is 5. The molecule has 2 rings (SSSR count). The van der Waals surface area contributed by atoms with Gasteiger partial charge >= 0.3 is 5.97 Å². The van der Waals surface area contributed by atoms with Gasteiger partial charge in [0.1, 0.15) is 6.04 Å². The summed E-state index contributed by atoms with van der Waals surface area (Å²) in [6.45, 7) is 0. The fourth-order valence-corrected chi connectivity index (χ4v) is 2.36. The minimum atomic E-state index is -1.33. The van der Waals surface area contributed by atoms with Crippen molar-refractivity contribution in [2.45, 2.75) is 25.3 Å². The number of nitro benzene ring substituents is 1. The maximum absolute atomic E-state index is 12.3. The van der Waals surface area contributed by atoms with Gasteiger partial charge in [-0.05, 0) is 12.5 Å². The Morgan fingerprint density at radius 1 is 1.38 bits per heavy atom. The summed E-state index contributed by atoms with van der Waals surface area (Å²) in [7, 11) is 0. The lowest BCUT2D eigenvalue weighted by Crippen LogP contribution is -2.52. The van der Waals surface area contributed by atoms with Crippen molar-refractivity contribution in [1.82, 2.24) is 10.6 Å². The molecule has 1 aliphatic rings. The van der Waals surface area contributed by atoms with Crippen LogP contribution in [0.2, 0.25) is 0 Å². The number of carboxylic acid groups (broad SMARTS) is 1. The fourth-order valence-electron chi connectivity index (χ4n) is 2.36. The lowest BCUT2D eigenvalue weighted by Gasteiger charge is -2.22. The highest BCUT2D eigenvalue weighted by Crippen LogP contribution is 2.23. The van der Waals surface area contributed by atoms with Gasteiger partial charge in [0, 0.05) is 18.1 Å². The number of nitrogens with one attached hydrogen (secondary N) is 2. The molecule has 0 aromatic heterocycles. The van der Waals surface area contributed by atoms with Crippen LogP contribution in [0.15, 0.2) is 18.2 Å². The van der Waals surface area contributed by atoms with Crippen molar-refractivity contribution in [3.8, 4) is 0 Å². The molecule has 1 saturated heterocycles. The first kappa shape index (κ1) is 17.1. The smallest absolute Gasteiger partial charge is 0.308 e. The molecule has 0 radical (unpaired) electrons. The standard InChI is InChI=1S/C14H13N3O7/c18-11-5-4-9(14(22)16-11)15-13(21)7-2-1-3-10(17(23)24)8(7)6-12(19)20/h1-3,9H,4-6H2,(H,15,21)(H,19,20)(H,16,18,22). The average Bonchev–Trinajstić information content (AvgIpc) is 2.49. The van der Waals surface area contributed by atoms with Crippen molar-refractivity contribution in [2.24, 2.45) is 0 Å². The van der Waals surface area contributed by atoms with Gasteiger partial charge in [0.15, 0.2) is 0 Å². The summed E-state index contributed by atoms with van der Waals surface area (Å²) >= 11 is 0. The van der Waals surface area contributed by atoms with Crippen LogP contribution >= 0.6 is 0 Å². The number of benzene rings is 1. The summed E-state index contributed by atoms with van der Waals surface area (Å²) in [6, 6.07) is 2.63. The molecule has 0 aliphatic carbocycles. The number of imide groups is 1. The van der Waals surface area contributed by atoms with Crippen molar-refractivity contribution in [1.29, 1.82) is 0 Å². The Balaban J connectivity index is 2.30. The number of carbonyl (C=O) groups is 4. The lowest BCUT2D eigenvalue weighted by atomic mass is 10.00. The zero-order valence-electron chi connectivity index (χ0n) is 12.3. The van der Waals surface area contributed by atoms with Gasteiger partial charge in [-0.1, -0.05) is 6.07 Å². The van der Waals surface area contributed by atoms with Gasteiger partial charge in [-0.2, -0.15) is 0 Å². The highest BCUT2D eigenvalue weighted by Gasteiger charge is 2.30. The minimum Gasteiger partial charge on any atom is -0.481 e. The molecular weight excluding hydrogens is 322 g/mol. The molecule has 0 bridgehead atoms. The Bertz CT molecular complexity index is 744. The molecule has 0 spiro atoms. The molecule has 10 heteroatoms. The number of carbonyl (C=O) groups excluding carboxylic acids is 3. The molecule has 24 heavy (non-hydrogen) atoms. The first-order valence-corrected chi connectivity index (χ1v) is 6.92. The van der Waals surface area contributed by atoms with Crippen LogP contribution in [0.1, 0.15) is 28.8 Å². The Morgan fingerprint density at radius 3 is 2.67 bits per heavy atom. The number of nitro groups is 1. The second-order valence-corrected chi connectivity index (χ2v) is 5.11. The van der Waals surface area contributed by atoms with Crippen LogP contribution in [0, 0.1) is 10.1 Å². The highest BCUT2D eigenvalue weighted by molar-refractivity contribution is 6.04. The summed E-state index contributed by atoms with van der Waals surface area (Å²) in [5.41, 5.74) is -0.940. The molecule has 1 aromatic rings. The second kappa shape index (κ2) is 6.86. The normalized spacial score (nSPS) is 17.1. The van der Waals surface area contributed by atoms with E-state index in [9.17, 15) is 29.3 Å². The lowest BCUT2D eigenvalue weighted by molar-refractivity contribution is -0.385. The first-order chi connectivity index (χ1) is 11.3. The molecule has 126 valence electrons. The van der Waals surface area contributed by atoms with Gasteiger partial charge in [-0.25, -0.2) is 0 Å². The maximum atomic E-state index is 12.3. The second-order valence-electron chi connectivity index (χ2n) is 5.11. The van der Waals surface area contributed by atoms with E-state index in [1.807, 2.05) is 0 Å². The van der Waals surface area contributed by atoms with Gasteiger partial charge in [0.25, 0.3) is 11.6 Å². The Labute approximate surface area is 135 Å². The van der Waals surface area contributed by atoms with Crippen LogP contribution in [-0.4, -0.2) is 39.8 Å². The van der Waals surface area contributed by atoms with E-state index >= 15 is 0 Å². The number of piperidine rings is 1. The molecule has 3 N–H and O–H groups in total. The number of amides is 3. The third-order valence-corrected chi connectivity index (χ3v) is 3.47. The zero-order chi connectivity index (χ0) is 17.9. The van der Waals surface area contributed by atoms with Crippen LogP contribution in [0.5, 0.6) is 0 Å². The Kier molecular flexibility index (Phi) is 4.87. The van der Waals surface area contributed by atoms with Gasteiger partial charge < -0.3 is 10.4 Å². The molecule has 1 atom stereocenters. The molecule has 1 aromatic carbocycles. The van der Waals surface area contributed by atoms with Crippen LogP contribution < -0.4 is 10.6 Å². The number of hydrogen-bond acceptors (Lipinski definition) is 6. The SMILES string of the molecule is O=C(O)Cc1c(C(=O)NC2CCC(=O)NC2=O)cccc1[N+](=O)[O-]. The van der Waals surface area contributed by atoms with E-state index in [0.717, 1.165) is 6.07 Å². The van der Waals surface area contributed by atoms with Gasteiger partial charge in [0.2, 0.25) is 11.8 Å². The minimum absolute atomic E-state index is 0.0492. The van der Waals surface area contributed by atoms with Crippen molar-refractivity contribution in [2.75, 3.05) is 0 Å². The summed E-state index contributed by atoms with van der Waals surface area (Å²) in [5.74, 6) is -3.28. The molecule has 1 heterocycles. The Morgan fingerprint density at radius 2 is 2.08 bits per heavy atom. The summed E-state index contributed by atoms with van der Waals surface area (Å²) in [6.07, 6.45) is -0.567. The number of aliphatic carboxylic acids is 1. The maximum Gasteiger partial charge on any atom is 0.308 e. The van der Waals surface area contributed by atoms with Crippen LogP contribution in [0.4, 0.5) is 5.69 Å². The van der Waals surface area contributed by atoms with Crippen molar-refractivity contribution in [3.63, 3.8) is 0 Å². The summed E-state index contributed by atoms with van der Waals surface area (Å²) < 4.78 is 0. The third kappa shape index (κ3) is 3.72. The van der Waals surface area contributed by atoms with E-state index < -0.39 is 46.8 Å². The monoisotopic (exact) mass is 335 g/mol. The van der Waals surface area contributed by atoms with E-state index in [4.69, 9.17) is 5.11 Å². The molecule has 10 nitrogen and oxygen atoms in total. The van der Waals surface area contributed by atoms with Crippen LogP contribution in [-0.2, 0) is 20.8 Å². The van der Waals surface area contributed by atoms with Crippen molar-refractivity contribution in [3.05, 3.63) is 39.4 Å². The van der Waals surface area contributed by atoms with Gasteiger partial charge in [-0.15, -0.1) is 0 Å². The highest BCUT2D eigenvalue weighted by atomic mass is 16.6. The fraction of sp³-hybridized carbons (Fsp3) is 0.286. The predicted octanol–water partition coefficient (Wildman–Crippen LogP) is -0.243. The topological polar surface area (TPSA) is 156 Å². The van der Waals surface area contributed by atoms with E-state index in [0.29, 0.717) is 0 Å². The summed E-state index contributed by atoms with van der Waals surface area (Å²) in [4.78, 5) is 56.3. The first-order valence-electron chi connectivity index (χ1n) is 6.92. The van der Waals surface area contributed by atoms with E-state index in [1.54, 1.807) is 0 Å². The molecule has 3 amide bonds. The van der Waals surface area contributed by atoms with Crippen molar-refractivity contribution < 1.29 is 29.2 Å². The van der Waals surface area contributed by atoms with E-state index in [2.05, 4.69) is 10.6 Å². The molecule has 1 unspecified atom stereocenters. The molecule has 0 saturated carbocycles. The molecule has 1 aliphatic heterocycles. The zero-order valence-corrected chi connectivity index (χ0v) is 12.3. The van der Waals surface area contributed by atoms with Gasteiger partial charge in [0.05, 0.1) is 16.9 Å². The van der Waals surface area contributed by atoms with E-state index in [1.165, 1.54) is 12.1 Å². The average molecular weight is 335 g/mol. The number of carboxylic acids is 1. The largest absolute Gasteiger partial charge is 0.481 e. The predicted molar refractivity (Wildman–Crippen MR) is 78.1 cm³/mol. The quantitative estimate of drug-likeness (QED) is 0.381. The van der Waals surface area contributed by atoms with E-state index in [-0.39, 0.29) is 24.0 Å². The van der Waals surface area contributed by atoms with Crippen molar-refractivity contribution >= 4 is 29.4 Å². The molecular formula is C14H13N3O7. The van der Waals surface area contributed by atoms with Crippen LogP contribution in [0.3, 0.4) is 0 Å². The van der Waals surface area contributed by atoms with Crippen LogP contribution in [0.25, 0.3) is 0 Å². The summed E-state index contributed by atoms with van der Waals surface area (Å²) in [5, 5.41) is 24.4. The third-order valence-electron chi connectivity index (χ3n) is 3.47. The molecule has 1 fully saturated rings.